The first-order valence-corrected chi connectivity index (χ1v) is 11.2. The van der Waals surface area contributed by atoms with Gasteiger partial charge in [0.15, 0.2) is 0 Å². The summed E-state index contributed by atoms with van der Waals surface area (Å²) in [5.41, 5.74) is -0.443. The zero-order chi connectivity index (χ0) is 24.3. The molecule has 4 rings (SSSR count). The maximum absolute atomic E-state index is 13.5. The van der Waals surface area contributed by atoms with Gasteiger partial charge in [0.05, 0.1) is 40.8 Å². The first kappa shape index (κ1) is 22.9. The van der Waals surface area contributed by atoms with Gasteiger partial charge in [0.25, 0.3) is 11.2 Å². The van der Waals surface area contributed by atoms with E-state index >= 15 is 0 Å². The average Bonchev–Trinajstić information content (AvgIpc) is 3.51. The number of esters is 1. The Morgan fingerprint density at radius 3 is 2.47 bits per heavy atom. The minimum atomic E-state index is -1.87. The summed E-state index contributed by atoms with van der Waals surface area (Å²) in [6, 6.07) is 18.6. The summed E-state index contributed by atoms with van der Waals surface area (Å²) < 4.78 is 10.7. The molecule has 0 bridgehead atoms. The van der Waals surface area contributed by atoms with Gasteiger partial charge in [-0.3, -0.25) is 10.1 Å². The number of nitro groups is 1. The van der Waals surface area contributed by atoms with E-state index in [1.807, 2.05) is 17.5 Å². The highest BCUT2D eigenvalue weighted by Gasteiger charge is 2.60. The third-order valence-electron chi connectivity index (χ3n) is 5.52. The number of hydrogen-bond donors (Lipinski definition) is 0. The van der Waals surface area contributed by atoms with E-state index < -0.39 is 22.3 Å². The van der Waals surface area contributed by atoms with Crippen LogP contribution in [0.1, 0.15) is 23.3 Å². The summed E-state index contributed by atoms with van der Waals surface area (Å²) in [7, 11) is 1.55. The molecule has 0 amide bonds. The third kappa shape index (κ3) is 3.76. The topological polar surface area (TPSA) is 118 Å². The van der Waals surface area contributed by atoms with Crippen LogP contribution in [0.15, 0.2) is 71.1 Å². The van der Waals surface area contributed by atoms with Crippen molar-refractivity contribution in [1.82, 2.24) is 0 Å². The van der Waals surface area contributed by atoms with Gasteiger partial charge in [0.2, 0.25) is 0 Å². The summed E-state index contributed by atoms with van der Waals surface area (Å²) in [5, 5.41) is 29.6. The molecule has 0 spiro atoms. The van der Waals surface area contributed by atoms with E-state index in [9.17, 15) is 20.2 Å². The number of rotatable bonds is 7. The first-order chi connectivity index (χ1) is 16.5. The molecular weight excluding hydrogens is 456 g/mol. The van der Waals surface area contributed by atoms with Crippen molar-refractivity contribution in [2.75, 3.05) is 18.7 Å². The highest BCUT2D eigenvalue weighted by atomic mass is 32.1. The lowest BCUT2D eigenvalue weighted by Gasteiger charge is -2.34. The van der Waals surface area contributed by atoms with Crippen LogP contribution in [0.2, 0.25) is 0 Å². The van der Waals surface area contributed by atoms with Gasteiger partial charge < -0.3 is 9.47 Å². The molecule has 34 heavy (non-hydrogen) atoms. The number of methoxy groups -OCH3 is 1. The van der Waals surface area contributed by atoms with Crippen LogP contribution in [0.5, 0.6) is 5.75 Å². The third-order valence-corrected chi connectivity index (χ3v) is 6.41. The summed E-state index contributed by atoms with van der Waals surface area (Å²) in [4.78, 5) is 24.9. The molecular formula is C24H20N4O5S. The Morgan fingerprint density at radius 1 is 1.24 bits per heavy atom. The summed E-state index contributed by atoms with van der Waals surface area (Å²) in [6.45, 7) is 1.73. The van der Waals surface area contributed by atoms with Crippen LogP contribution < -0.4 is 9.75 Å². The summed E-state index contributed by atoms with van der Waals surface area (Å²) in [5.74, 6) is -0.925. The average molecular weight is 477 g/mol. The molecule has 0 unspecified atom stereocenters. The Balaban J connectivity index is 1.95. The number of anilines is 1. The lowest BCUT2D eigenvalue weighted by Crippen LogP contribution is -2.54. The van der Waals surface area contributed by atoms with E-state index in [1.54, 1.807) is 38.3 Å². The minimum absolute atomic E-state index is 0.0695. The number of benzene rings is 2. The van der Waals surface area contributed by atoms with Crippen LogP contribution in [0.25, 0.3) is 0 Å². The van der Waals surface area contributed by atoms with Gasteiger partial charge in [-0.25, -0.2) is 9.80 Å². The molecule has 0 saturated carbocycles. The van der Waals surface area contributed by atoms with E-state index in [-0.39, 0.29) is 12.3 Å². The van der Waals surface area contributed by atoms with Crippen LogP contribution in [0.3, 0.4) is 0 Å². The molecule has 172 valence electrons. The molecule has 10 heteroatoms. The van der Waals surface area contributed by atoms with Crippen molar-refractivity contribution < 1.29 is 19.2 Å². The Kier molecular flexibility index (Phi) is 6.30. The molecule has 3 aromatic rings. The predicted octanol–water partition coefficient (Wildman–Crippen LogP) is 4.50. The fraction of sp³-hybridized carbons (Fsp3) is 0.208. The van der Waals surface area contributed by atoms with Crippen LogP contribution >= 0.6 is 11.3 Å². The number of hydrazone groups is 1. The molecule has 2 aromatic carbocycles. The van der Waals surface area contributed by atoms with Gasteiger partial charge in [0, 0.05) is 12.1 Å². The quantitative estimate of drug-likeness (QED) is 0.280. The molecule has 2 heterocycles. The van der Waals surface area contributed by atoms with Crippen molar-refractivity contribution in [3.8, 4) is 11.8 Å². The van der Waals surface area contributed by atoms with Crippen molar-refractivity contribution in [2.45, 2.75) is 18.4 Å². The molecule has 0 N–H and O–H groups in total. The summed E-state index contributed by atoms with van der Waals surface area (Å²) >= 11 is 1.43. The highest BCUT2D eigenvalue weighted by molar-refractivity contribution is 7.12. The number of nitrogens with zero attached hydrogens (tertiary/aromatic N) is 4. The van der Waals surface area contributed by atoms with E-state index in [0.717, 1.165) is 4.88 Å². The van der Waals surface area contributed by atoms with Gasteiger partial charge in [-0.15, -0.1) is 11.3 Å². The van der Waals surface area contributed by atoms with Gasteiger partial charge in [-0.2, -0.15) is 10.4 Å². The number of ether oxygens (including phenoxy) is 2. The number of non-ortho nitro benzene ring substituents is 1. The number of hydrogen-bond acceptors (Lipinski definition) is 9. The van der Waals surface area contributed by atoms with Gasteiger partial charge in [-0.1, -0.05) is 18.2 Å². The van der Waals surface area contributed by atoms with Crippen LogP contribution in [-0.2, 0) is 9.53 Å². The normalized spacial score (nSPS) is 19.3. The van der Waals surface area contributed by atoms with E-state index in [4.69, 9.17) is 14.6 Å². The SMILES string of the molecule is CCOC(=O)[C@]1(C#N)[C@H](c2ccc(OC)cc2)C(c2cccs2)=NN1c1ccc([N+](=O)[O-])cc1. The van der Waals surface area contributed by atoms with Crippen molar-refractivity contribution in [2.24, 2.45) is 5.10 Å². The Morgan fingerprint density at radius 2 is 1.94 bits per heavy atom. The molecule has 0 fully saturated rings. The largest absolute Gasteiger partial charge is 0.497 e. The van der Waals surface area contributed by atoms with Crippen molar-refractivity contribution >= 4 is 34.4 Å². The fourth-order valence-electron chi connectivity index (χ4n) is 3.96. The smallest absolute Gasteiger partial charge is 0.350 e. The molecule has 1 aliphatic rings. The zero-order valence-corrected chi connectivity index (χ0v) is 19.2. The molecule has 2 atom stereocenters. The second-order valence-corrected chi connectivity index (χ2v) is 8.30. The number of carbonyl (C=O) groups is 1. The van der Waals surface area contributed by atoms with Gasteiger partial charge >= 0.3 is 5.97 Å². The fourth-order valence-corrected chi connectivity index (χ4v) is 4.70. The number of nitriles is 1. The molecule has 0 radical (unpaired) electrons. The van der Waals surface area contributed by atoms with Crippen molar-refractivity contribution in [3.63, 3.8) is 0 Å². The molecule has 0 saturated heterocycles. The number of thiophene rings is 1. The number of carbonyl (C=O) groups excluding carboxylic acids is 1. The Hall–Kier alpha value is -4.23. The molecule has 0 aliphatic carbocycles. The Bertz CT molecular complexity index is 1270. The lowest BCUT2D eigenvalue weighted by molar-refractivity contribution is -0.384. The van der Waals surface area contributed by atoms with E-state index in [0.29, 0.717) is 22.7 Å². The zero-order valence-electron chi connectivity index (χ0n) is 18.4. The van der Waals surface area contributed by atoms with Gasteiger partial charge in [-0.05, 0) is 48.2 Å². The predicted molar refractivity (Wildman–Crippen MR) is 127 cm³/mol. The monoisotopic (exact) mass is 476 g/mol. The molecule has 9 nitrogen and oxygen atoms in total. The number of nitro benzene ring substituents is 1. The van der Waals surface area contributed by atoms with Crippen molar-refractivity contribution in [1.29, 1.82) is 5.26 Å². The van der Waals surface area contributed by atoms with Crippen LogP contribution in [0, 0.1) is 21.4 Å². The first-order valence-electron chi connectivity index (χ1n) is 10.4. The second-order valence-electron chi connectivity index (χ2n) is 7.35. The van der Waals surface area contributed by atoms with E-state index in [1.165, 1.54) is 40.6 Å². The van der Waals surface area contributed by atoms with Gasteiger partial charge in [0.1, 0.15) is 11.8 Å². The summed E-state index contributed by atoms with van der Waals surface area (Å²) in [6.07, 6.45) is 0. The maximum atomic E-state index is 13.5. The standard InChI is InChI=1S/C24H20N4O5S/c1-3-33-23(29)24(15-25)21(16-6-12-19(32-2)13-7-16)22(20-5-4-14-34-20)26-27(24)17-8-10-18(11-9-17)28(30)31/h4-14,21H,3H2,1-2H3/t21-,24+/m1/s1. The highest BCUT2D eigenvalue weighted by Crippen LogP contribution is 2.46. The van der Waals surface area contributed by atoms with Crippen LogP contribution in [0.4, 0.5) is 11.4 Å². The molecule has 1 aliphatic heterocycles. The molecule has 1 aromatic heterocycles. The van der Waals surface area contributed by atoms with E-state index in [2.05, 4.69) is 6.07 Å². The maximum Gasteiger partial charge on any atom is 0.350 e. The second kappa shape index (κ2) is 9.33. The lowest BCUT2D eigenvalue weighted by atomic mass is 9.77. The minimum Gasteiger partial charge on any atom is -0.497 e. The van der Waals surface area contributed by atoms with Crippen molar-refractivity contribution in [3.05, 3.63) is 86.6 Å². The van der Waals surface area contributed by atoms with Crippen LogP contribution in [-0.4, -0.2) is 35.9 Å². The Labute approximate surface area is 199 Å².